The Morgan fingerprint density at radius 2 is 2.07 bits per heavy atom. The number of halogens is 1. The van der Waals surface area contributed by atoms with E-state index in [2.05, 4.69) is 21.0 Å². The zero-order chi connectivity index (χ0) is 19.1. The third kappa shape index (κ3) is 3.45. The first-order chi connectivity index (χ1) is 13.0. The Balaban J connectivity index is 0.00000225. The second-order valence-electron chi connectivity index (χ2n) is 7.11. The number of hydrogen-bond donors (Lipinski definition) is 2. The van der Waals surface area contributed by atoms with Gasteiger partial charge in [-0.3, -0.25) is 9.48 Å². The summed E-state index contributed by atoms with van der Waals surface area (Å²) in [6.45, 7) is 3.89. The third-order valence-corrected chi connectivity index (χ3v) is 5.35. The maximum absolute atomic E-state index is 11.4. The standard InChI is InChI=1S/C19H23N5O3.ClH/c1-11-13-7-17(24-5-3-12(9-25)4-6-24)14(8-16(13)23(2)22-11)19-21-15(10-27-19)18(20)26;/h7-8,10,12,25H,3-6,9H2,1-2H3,(H2,20,26);1H. The lowest BCUT2D eigenvalue weighted by molar-refractivity contribution is 0.0995. The van der Waals surface area contributed by atoms with Crippen LogP contribution in [0.3, 0.4) is 0 Å². The lowest BCUT2D eigenvalue weighted by atomic mass is 9.96. The number of rotatable bonds is 4. The number of amides is 1. The van der Waals surface area contributed by atoms with Gasteiger partial charge in [0.1, 0.15) is 6.26 Å². The van der Waals surface area contributed by atoms with Crippen LogP contribution < -0.4 is 10.6 Å². The maximum atomic E-state index is 11.4. The molecule has 0 saturated carbocycles. The Kier molecular flexibility index (Phi) is 5.62. The number of aliphatic hydroxyl groups excluding tert-OH is 1. The monoisotopic (exact) mass is 405 g/mol. The van der Waals surface area contributed by atoms with Gasteiger partial charge in [-0.15, -0.1) is 12.4 Å². The van der Waals surface area contributed by atoms with E-state index >= 15 is 0 Å². The van der Waals surface area contributed by atoms with Gasteiger partial charge in [0.15, 0.2) is 5.69 Å². The van der Waals surface area contributed by atoms with Crippen LogP contribution >= 0.6 is 12.4 Å². The molecule has 2 aromatic heterocycles. The molecule has 1 aliphatic rings. The van der Waals surface area contributed by atoms with E-state index in [0.29, 0.717) is 11.8 Å². The van der Waals surface area contributed by atoms with Crippen LogP contribution in [-0.2, 0) is 7.05 Å². The van der Waals surface area contributed by atoms with Gasteiger partial charge in [0.2, 0.25) is 5.89 Å². The van der Waals surface area contributed by atoms with Crippen molar-refractivity contribution in [2.75, 3.05) is 24.6 Å². The number of carbonyl (C=O) groups excluding carboxylic acids is 1. The number of primary amides is 1. The molecule has 8 nitrogen and oxygen atoms in total. The summed E-state index contributed by atoms with van der Waals surface area (Å²) in [5.41, 5.74) is 9.15. The zero-order valence-corrected chi connectivity index (χ0v) is 16.7. The minimum atomic E-state index is -0.618. The minimum absolute atomic E-state index is 0. The summed E-state index contributed by atoms with van der Waals surface area (Å²) in [6, 6.07) is 4.11. The fourth-order valence-corrected chi connectivity index (χ4v) is 3.77. The van der Waals surface area contributed by atoms with E-state index in [4.69, 9.17) is 10.2 Å². The second kappa shape index (κ2) is 7.81. The predicted molar refractivity (Wildman–Crippen MR) is 109 cm³/mol. The van der Waals surface area contributed by atoms with E-state index in [9.17, 15) is 9.90 Å². The van der Waals surface area contributed by atoms with Gasteiger partial charge in [-0.1, -0.05) is 0 Å². The highest BCUT2D eigenvalue weighted by Crippen LogP contribution is 2.37. The quantitative estimate of drug-likeness (QED) is 0.688. The van der Waals surface area contributed by atoms with Crippen molar-refractivity contribution in [3.05, 3.63) is 29.8 Å². The van der Waals surface area contributed by atoms with Crippen molar-refractivity contribution in [3.8, 4) is 11.5 Å². The van der Waals surface area contributed by atoms with Crippen LogP contribution in [0.2, 0.25) is 0 Å². The van der Waals surface area contributed by atoms with Gasteiger partial charge in [-0.05, 0) is 37.8 Å². The summed E-state index contributed by atoms with van der Waals surface area (Å²) in [4.78, 5) is 18.0. The molecule has 1 aliphatic heterocycles. The van der Waals surface area contributed by atoms with Crippen molar-refractivity contribution in [1.29, 1.82) is 0 Å². The number of fused-ring (bicyclic) bond motifs is 1. The van der Waals surface area contributed by atoms with Crippen LogP contribution in [0.5, 0.6) is 0 Å². The third-order valence-electron chi connectivity index (χ3n) is 5.35. The van der Waals surface area contributed by atoms with Crippen LogP contribution in [0, 0.1) is 12.8 Å². The molecule has 1 saturated heterocycles. The van der Waals surface area contributed by atoms with E-state index < -0.39 is 5.91 Å². The van der Waals surface area contributed by atoms with Crippen LogP contribution in [0.25, 0.3) is 22.4 Å². The maximum Gasteiger partial charge on any atom is 0.270 e. The molecule has 0 unspecified atom stereocenters. The number of anilines is 1. The van der Waals surface area contributed by atoms with E-state index in [1.165, 1.54) is 6.26 Å². The molecule has 0 atom stereocenters. The van der Waals surface area contributed by atoms with Gasteiger partial charge in [0, 0.05) is 32.1 Å². The van der Waals surface area contributed by atoms with E-state index in [0.717, 1.165) is 53.8 Å². The first-order valence-corrected chi connectivity index (χ1v) is 9.06. The minimum Gasteiger partial charge on any atom is -0.444 e. The summed E-state index contributed by atoms with van der Waals surface area (Å²) < 4.78 is 7.40. The number of nitrogens with two attached hydrogens (primary N) is 1. The molecule has 3 aromatic rings. The summed E-state index contributed by atoms with van der Waals surface area (Å²) in [5, 5.41) is 15.0. The predicted octanol–water partition coefficient (Wildman–Crippen LogP) is 2.27. The molecule has 1 fully saturated rings. The van der Waals surface area contributed by atoms with Crippen LogP contribution in [0.4, 0.5) is 5.69 Å². The van der Waals surface area contributed by atoms with Crippen molar-refractivity contribution >= 4 is 34.9 Å². The van der Waals surface area contributed by atoms with Crippen LogP contribution in [0.1, 0.15) is 29.0 Å². The highest BCUT2D eigenvalue weighted by Gasteiger charge is 2.24. The number of hydrogen-bond acceptors (Lipinski definition) is 6. The topological polar surface area (TPSA) is 110 Å². The zero-order valence-electron chi connectivity index (χ0n) is 15.9. The number of benzene rings is 1. The summed E-state index contributed by atoms with van der Waals surface area (Å²) in [7, 11) is 1.90. The lowest BCUT2D eigenvalue weighted by Crippen LogP contribution is -2.35. The van der Waals surface area contributed by atoms with E-state index in [1.54, 1.807) is 0 Å². The molecule has 4 rings (SSSR count). The Bertz CT molecular complexity index is 1000. The first-order valence-electron chi connectivity index (χ1n) is 9.06. The first kappa shape index (κ1) is 20.2. The van der Waals surface area contributed by atoms with Gasteiger partial charge < -0.3 is 20.2 Å². The molecule has 1 amide bonds. The van der Waals surface area contributed by atoms with Gasteiger partial charge in [-0.25, -0.2) is 4.98 Å². The molecular weight excluding hydrogens is 382 g/mol. The van der Waals surface area contributed by atoms with Crippen molar-refractivity contribution in [2.45, 2.75) is 19.8 Å². The largest absolute Gasteiger partial charge is 0.444 e. The SMILES string of the molecule is Cc1nn(C)c2cc(-c3nc(C(N)=O)co3)c(N3CCC(CO)CC3)cc12.Cl. The molecule has 0 spiro atoms. The Hall–Kier alpha value is -2.58. The highest BCUT2D eigenvalue weighted by atomic mass is 35.5. The number of piperidine rings is 1. The lowest BCUT2D eigenvalue weighted by Gasteiger charge is -2.33. The highest BCUT2D eigenvalue weighted by molar-refractivity contribution is 5.94. The van der Waals surface area contributed by atoms with Crippen molar-refractivity contribution in [1.82, 2.24) is 14.8 Å². The molecule has 9 heteroatoms. The van der Waals surface area contributed by atoms with E-state index in [-0.39, 0.29) is 24.7 Å². The average Bonchev–Trinajstić information content (AvgIpc) is 3.26. The number of aryl methyl sites for hydroxylation is 2. The molecule has 28 heavy (non-hydrogen) atoms. The van der Waals surface area contributed by atoms with E-state index in [1.807, 2.05) is 24.7 Å². The van der Waals surface area contributed by atoms with Gasteiger partial charge >= 0.3 is 0 Å². The molecule has 150 valence electrons. The molecule has 0 aliphatic carbocycles. The van der Waals surface area contributed by atoms with Crippen LogP contribution in [-0.4, -0.2) is 45.5 Å². The Labute approximate surface area is 168 Å². The van der Waals surface area contributed by atoms with Gasteiger partial charge in [-0.2, -0.15) is 5.10 Å². The molecule has 0 radical (unpaired) electrons. The molecule has 1 aromatic carbocycles. The average molecular weight is 406 g/mol. The fraction of sp³-hybridized carbons (Fsp3) is 0.421. The summed E-state index contributed by atoms with van der Waals surface area (Å²) in [6.07, 6.45) is 3.15. The number of carbonyl (C=O) groups is 1. The summed E-state index contributed by atoms with van der Waals surface area (Å²) >= 11 is 0. The summed E-state index contributed by atoms with van der Waals surface area (Å²) in [5.74, 6) is 0.0911. The van der Waals surface area contributed by atoms with Gasteiger partial charge in [0.25, 0.3) is 5.91 Å². The second-order valence-corrected chi connectivity index (χ2v) is 7.11. The Morgan fingerprint density at radius 1 is 1.36 bits per heavy atom. The Morgan fingerprint density at radius 3 is 2.68 bits per heavy atom. The number of aliphatic hydroxyl groups is 1. The molecule has 0 bridgehead atoms. The molecule has 3 heterocycles. The van der Waals surface area contributed by atoms with Crippen molar-refractivity contribution < 1.29 is 14.3 Å². The number of aromatic nitrogens is 3. The smallest absolute Gasteiger partial charge is 0.270 e. The fourth-order valence-electron chi connectivity index (χ4n) is 3.77. The van der Waals surface area contributed by atoms with Crippen LogP contribution in [0.15, 0.2) is 22.8 Å². The number of oxazole rings is 1. The van der Waals surface area contributed by atoms with Crippen molar-refractivity contribution in [3.63, 3.8) is 0 Å². The molecular formula is C19H24ClN5O3. The van der Waals surface area contributed by atoms with Crippen molar-refractivity contribution in [2.24, 2.45) is 18.7 Å². The van der Waals surface area contributed by atoms with Gasteiger partial charge in [0.05, 0.1) is 22.5 Å². The normalized spacial score (nSPS) is 15.0. The molecule has 3 N–H and O–H groups in total. The number of nitrogens with zero attached hydrogens (tertiary/aromatic N) is 4.